The number of anilines is 3. The van der Waals surface area contributed by atoms with E-state index in [0.717, 1.165) is 27.3 Å². The van der Waals surface area contributed by atoms with Crippen LogP contribution in [-0.2, 0) is 16.6 Å². The Balaban J connectivity index is 1.26. The molecular weight excluding hydrogens is 611 g/mol. The summed E-state index contributed by atoms with van der Waals surface area (Å²) >= 11 is 0. The van der Waals surface area contributed by atoms with Gasteiger partial charge < -0.3 is 15.3 Å². The third-order valence-electron chi connectivity index (χ3n) is 7.83. The van der Waals surface area contributed by atoms with Crippen molar-refractivity contribution in [1.82, 2.24) is 33.9 Å². The number of hydrogen-bond acceptors (Lipinski definition) is 10. The van der Waals surface area contributed by atoms with E-state index in [-0.39, 0.29) is 17.8 Å². The lowest BCUT2D eigenvalue weighted by molar-refractivity contribution is -0.142. The molecule has 45 heavy (non-hydrogen) atoms. The number of pyridine rings is 1. The van der Waals surface area contributed by atoms with Gasteiger partial charge in [-0.15, -0.1) is 0 Å². The molecule has 0 spiro atoms. The fraction of sp³-hybridized carbons (Fsp3) is 0.414. The largest absolute Gasteiger partial charge is 0.408 e. The second kappa shape index (κ2) is 11.8. The number of piperidine rings is 1. The fourth-order valence-electron chi connectivity index (χ4n) is 4.93. The summed E-state index contributed by atoms with van der Waals surface area (Å²) in [6.07, 6.45) is 6.83. The standard InChI is InChI=1S/C29H30F3N9O3S/c1-28(19-42)7-10-39(11-8-28)24-12-26(34-14-21(24)3-2-20-13-35-40(16-20)18-29(30,31)32)37-25-6-9-33-27(38-25)22-15-36-41(17-22)45(43,44)23-4-5-23/h6,9,12-17,23,42H,4-5,7-8,10-11,18-19H2,1H3,(H,33,34,37,38). The van der Waals surface area contributed by atoms with E-state index in [9.17, 15) is 26.7 Å². The summed E-state index contributed by atoms with van der Waals surface area (Å²) in [6.45, 7) is 2.24. The Morgan fingerprint density at radius 3 is 2.56 bits per heavy atom. The van der Waals surface area contributed by atoms with Crippen LogP contribution in [0, 0.1) is 17.3 Å². The molecule has 6 rings (SSSR count). The van der Waals surface area contributed by atoms with Crippen LogP contribution in [0.5, 0.6) is 0 Å². The molecule has 16 heteroatoms. The maximum absolute atomic E-state index is 12.7. The molecule has 236 valence electrons. The number of aliphatic hydroxyl groups excluding tert-OH is 1. The molecular formula is C29H30F3N9O3S. The number of halogens is 3. The van der Waals surface area contributed by atoms with Crippen molar-refractivity contribution < 1.29 is 26.7 Å². The van der Waals surface area contributed by atoms with Gasteiger partial charge in [-0.3, -0.25) is 4.68 Å². The normalized spacial score (nSPS) is 16.7. The molecule has 4 aromatic heterocycles. The highest BCUT2D eigenvalue weighted by Crippen LogP contribution is 2.35. The Kier molecular flexibility index (Phi) is 8.00. The van der Waals surface area contributed by atoms with E-state index < -0.39 is 28.0 Å². The maximum atomic E-state index is 12.7. The van der Waals surface area contributed by atoms with E-state index in [0.29, 0.717) is 54.3 Å². The first-order valence-electron chi connectivity index (χ1n) is 14.3. The molecule has 12 nitrogen and oxygen atoms in total. The molecule has 0 amide bonds. The maximum Gasteiger partial charge on any atom is 0.408 e. The zero-order valence-electron chi connectivity index (χ0n) is 24.2. The van der Waals surface area contributed by atoms with E-state index >= 15 is 0 Å². The molecule has 0 unspecified atom stereocenters. The van der Waals surface area contributed by atoms with Crippen LogP contribution in [0.1, 0.15) is 43.7 Å². The molecule has 0 radical (unpaired) electrons. The van der Waals surface area contributed by atoms with Crippen molar-refractivity contribution >= 4 is 27.3 Å². The van der Waals surface area contributed by atoms with Crippen molar-refractivity contribution in [2.75, 3.05) is 29.9 Å². The Bertz CT molecular complexity index is 1870. The highest BCUT2D eigenvalue weighted by atomic mass is 32.2. The van der Waals surface area contributed by atoms with Gasteiger partial charge in [0.25, 0.3) is 10.0 Å². The minimum absolute atomic E-state index is 0.0834. The molecule has 2 N–H and O–H groups in total. The van der Waals surface area contributed by atoms with Gasteiger partial charge in [0, 0.05) is 44.4 Å². The highest BCUT2D eigenvalue weighted by molar-refractivity contribution is 7.90. The molecule has 0 bridgehead atoms. The number of aliphatic hydroxyl groups is 1. The summed E-state index contributed by atoms with van der Waals surface area (Å²) in [7, 11) is -3.52. The van der Waals surface area contributed by atoms with Crippen LogP contribution in [-0.4, -0.2) is 78.6 Å². The first kappa shape index (κ1) is 30.5. The van der Waals surface area contributed by atoms with E-state index in [4.69, 9.17) is 0 Å². The molecule has 2 aliphatic rings. The zero-order valence-corrected chi connectivity index (χ0v) is 25.1. The quantitative estimate of drug-likeness (QED) is 0.274. The summed E-state index contributed by atoms with van der Waals surface area (Å²) in [5.74, 6) is 7.09. The Hall–Kier alpha value is -4.49. The lowest BCUT2D eigenvalue weighted by Crippen LogP contribution is -2.40. The average Bonchev–Trinajstić information content (AvgIpc) is 3.59. The van der Waals surface area contributed by atoms with Gasteiger partial charge in [-0.05, 0) is 37.2 Å². The smallest absolute Gasteiger partial charge is 0.396 e. The monoisotopic (exact) mass is 641 g/mol. The van der Waals surface area contributed by atoms with Gasteiger partial charge in [-0.1, -0.05) is 18.8 Å². The third kappa shape index (κ3) is 7.10. The molecule has 2 fully saturated rings. The molecule has 5 heterocycles. The SMILES string of the molecule is CC1(CO)CCN(c2cc(Nc3ccnc(-c4cnn(S(=O)(=O)C5CC5)c4)n3)ncc2C#Cc2cnn(CC(F)(F)F)c2)CC1. The van der Waals surface area contributed by atoms with E-state index in [1.165, 1.54) is 31.0 Å². The topological polar surface area (TPSA) is 144 Å². The van der Waals surface area contributed by atoms with E-state index in [2.05, 4.69) is 47.2 Å². The van der Waals surface area contributed by atoms with Crippen LogP contribution in [0.4, 0.5) is 30.5 Å². The number of alkyl halides is 3. The molecule has 1 saturated heterocycles. The summed E-state index contributed by atoms with van der Waals surface area (Å²) in [4.78, 5) is 15.4. The molecule has 4 aromatic rings. The molecule has 0 atom stereocenters. The average molecular weight is 642 g/mol. The lowest BCUT2D eigenvalue weighted by atomic mass is 9.81. The molecule has 1 saturated carbocycles. The van der Waals surface area contributed by atoms with Gasteiger partial charge in [0.1, 0.15) is 18.2 Å². The Morgan fingerprint density at radius 1 is 1.07 bits per heavy atom. The number of hydrogen-bond donors (Lipinski definition) is 2. The molecule has 0 aromatic carbocycles. The van der Waals surface area contributed by atoms with Gasteiger partial charge in [0.15, 0.2) is 5.82 Å². The predicted molar refractivity (Wildman–Crippen MR) is 159 cm³/mol. The number of aromatic nitrogens is 7. The Morgan fingerprint density at radius 2 is 1.84 bits per heavy atom. The molecule has 1 aliphatic heterocycles. The van der Waals surface area contributed by atoms with Crippen LogP contribution >= 0.6 is 0 Å². The van der Waals surface area contributed by atoms with Gasteiger partial charge in [0.2, 0.25) is 0 Å². The lowest BCUT2D eigenvalue weighted by Gasteiger charge is -2.39. The van der Waals surface area contributed by atoms with Crippen molar-refractivity contribution in [2.24, 2.45) is 5.41 Å². The Labute approximate surface area is 257 Å². The molecule has 1 aliphatic carbocycles. The minimum atomic E-state index is -4.39. The van der Waals surface area contributed by atoms with Crippen LogP contribution in [0.15, 0.2) is 49.3 Å². The van der Waals surface area contributed by atoms with Crippen molar-refractivity contribution in [3.8, 4) is 23.2 Å². The number of rotatable bonds is 8. The van der Waals surface area contributed by atoms with Crippen LogP contribution < -0.4 is 10.2 Å². The second-order valence-electron chi connectivity index (χ2n) is 11.6. The second-order valence-corrected chi connectivity index (χ2v) is 13.6. The summed E-state index contributed by atoms with van der Waals surface area (Å²) in [6, 6.07) is 3.47. The first-order valence-corrected chi connectivity index (χ1v) is 15.8. The van der Waals surface area contributed by atoms with Crippen LogP contribution in [0.3, 0.4) is 0 Å². The summed E-state index contributed by atoms with van der Waals surface area (Å²) < 4.78 is 65.1. The van der Waals surface area contributed by atoms with Gasteiger partial charge in [-0.2, -0.15) is 27.5 Å². The zero-order chi connectivity index (χ0) is 31.8. The van der Waals surface area contributed by atoms with Crippen LogP contribution in [0.25, 0.3) is 11.4 Å². The fourth-order valence-corrected chi connectivity index (χ4v) is 6.41. The van der Waals surface area contributed by atoms with Crippen molar-refractivity contribution in [1.29, 1.82) is 0 Å². The summed E-state index contributed by atoms with van der Waals surface area (Å²) in [5, 5.41) is 20.4. The van der Waals surface area contributed by atoms with Gasteiger partial charge >= 0.3 is 6.18 Å². The predicted octanol–water partition coefficient (Wildman–Crippen LogP) is 3.58. The third-order valence-corrected chi connectivity index (χ3v) is 9.86. The number of nitrogens with zero attached hydrogens (tertiary/aromatic N) is 8. The van der Waals surface area contributed by atoms with Crippen LogP contribution in [0.2, 0.25) is 0 Å². The van der Waals surface area contributed by atoms with E-state index in [1.807, 2.05) is 13.0 Å². The minimum Gasteiger partial charge on any atom is -0.396 e. The van der Waals surface area contributed by atoms with Gasteiger partial charge in [-0.25, -0.2) is 23.4 Å². The first-order chi connectivity index (χ1) is 21.4. The van der Waals surface area contributed by atoms with Gasteiger partial charge in [0.05, 0.1) is 46.2 Å². The number of nitrogens with one attached hydrogen (secondary N) is 1. The van der Waals surface area contributed by atoms with Crippen molar-refractivity contribution in [3.63, 3.8) is 0 Å². The highest BCUT2D eigenvalue weighted by Gasteiger charge is 2.38. The van der Waals surface area contributed by atoms with E-state index in [1.54, 1.807) is 12.3 Å². The summed E-state index contributed by atoms with van der Waals surface area (Å²) in [5.41, 5.74) is 1.93. The van der Waals surface area contributed by atoms with Crippen molar-refractivity contribution in [2.45, 2.75) is 50.6 Å². The van der Waals surface area contributed by atoms with Crippen molar-refractivity contribution in [3.05, 3.63) is 60.4 Å².